The first-order valence-electron chi connectivity index (χ1n) is 5.92. The maximum Gasteiger partial charge on any atom is 0.255 e. The third-order valence-corrected chi connectivity index (χ3v) is 2.66. The number of carboxylic acids is 1. The normalized spacial score (nSPS) is 11.8. The summed E-state index contributed by atoms with van der Waals surface area (Å²) in [7, 11) is 0. The minimum atomic E-state index is -1.32. The molecule has 0 saturated heterocycles. The highest BCUT2D eigenvalue weighted by Gasteiger charge is 2.08. The minimum absolute atomic E-state index is 0.167. The van der Waals surface area contributed by atoms with Gasteiger partial charge in [0.2, 0.25) is 0 Å². The lowest BCUT2D eigenvalue weighted by atomic mass is 10.3. The highest BCUT2D eigenvalue weighted by Crippen LogP contribution is 2.26. The third kappa shape index (κ3) is 4.06. The average molecular weight is 311 g/mol. The van der Waals surface area contributed by atoms with Gasteiger partial charge in [-0.15, -0.1) is 0 Å². The van der Waals surface area contributed by atoms with Gasteiger partial charge in [-0.05, 0) is 37.3 Å². The number of carbonyl (C=O) groups is 1. The van der Waals surface area contributed by atoms with Crippen LogP contribution < -0.4 is 14.6 Å². The molecule has 0 spiro atoms. The van der Waals surface area contributed by atoms with Gasteiger partial charge in [-0.2, -0.15) is 0 Å². The van der Waals surface area contributed by atoms with Gasteiger partial charge in [-0.3, -0.25) is 0 Å². The first-order chi connectivity index (χ1) is 9.95. The summed E-state index contributed by atoms with van der Waals surface area (Å²) in [6, 6.07) is 7.05. The first-order valence-corrected chi connectivity index (χ1v) is 6.30. The second-order valence-corrected chi connectivity index (χ2v) is 4.53. The lowest BCUT2D eigenvalue weighted by Gasteiger charge is -2.15. The van der Waals surface area contributed by atoms with E-state index >= 15 is 0 Å². The van der Waals surface area contributed by atoms with Gasteiger partial charge in [-0.1, -0.05) is 11.6 Å². The Balaban J connectivity index is 2.07. The molecule has 0 fully saturated rings. The number of hydrogen-bond donors (Lipinski definition) is 0. The molecule has 1 aromatic heterocycles. The molecule has 0 amide bonds. The summed E-state index contributed by atoms with van der Waals surface area (Å²) in [6.07, 6.45) is 0.186. The predicted molar refractivity (Wildman–Crippen MR) is 70.8 cm³/mol. The van der Waals surface area contributed by atoms with Crippen LogP contribution in [-0.4, -0.2) is 17.1 Å². The monoisotopic (exact) mass is 310 g/mol. The largest absolute Gasteiger partial charge is 0.546 e. The fourth-order valence-corrected chi connectivity index (χ4v) is 1.57. The second-order valence-electron chi connectivity index (χ2n) is 4.09. The molecular weight excluding hydrogens is 301 g/mol. The van der Waals surface area contributed by atoms with E-state index in [2.05, 4.69) is 4.98 Å². The highest BCUT2D eigenvalue weighted by molar-refractivity contribution is 6.30. The molecular formula is C14H10ClFNO4-. The van der Waals surface area contributed by atoms with E-state index in [1.807, 2.05) is 0 Å². The Labute approximate surface area is 124 Å². The number of benzene rings is 1. The maximum absolute atomic E-state index is 13.5. The van der Waals surface area contributed by atoms with Gasteiger partial charge < -0.3 is 19.4 Å². The number of carboxylic acid groups (broad SMARTS) is 1. The Kier molecular flexibility index (Phi) is 4.59. The fourth-order valence-electron chi connectivity index (χ4n) is 1.43. The van der Waals surface area contributed by atoms with E-state index in [0.717, 1.165) is 6.07 Å². The average Bonchev–Trinajstić information content (AvgIpc) is 2.43. The predicted octanol–water partition coefficient (Wildman–Crippen LogP) is 2.18. The van der Waals surface area contributed by atoms with Crippen molar-refractivity contribution >= 4 is 17.6 Å². The number of pyridine rings is 1. The number of ether oxygens (including phenoxy) is 2. The third-order valence-electron chi connectivity index (χ3n) is 2.46. The van der Waals surface area contributed by atoms with Gasteiger partial charge in [0.1, 0.15) is 17.6 Å². The van der Waals surface area contributed by atoms with Gasteiger partial charge in [0.15, 0.2) is 5.82 Å². The van der Waals surface area contributed by atoms with Crippen LogP contribution in [0.4, 0.5) is 4.39 Å². The summed E-state index contributed by atoms with van der Waals surface area (Å²) in [6.45, 7) is 1.35. The van der Waals surface area contributed by atoms with Crippen LogP contribution in [0, 0.1) is 5.82 Å². The van der Waals surface area contributed by atoms with E-state index in [9.17, 15) is 14.3 Å². The molecule has 0 saturated carbocycles. The number of halogens is 2. The Hall–Kier alpha value is -2.34. The second kappa shape index (κ2) is 6.41. The summed E-state index contributed by atoms with van der Waals surface area (Å²) < 4.78 is 23.8. The fraction of sp³-hybridized carbons (Fsp3) is 0.143. The molecule has 0 N–H and O–H groups in total. The summed E-state index contributed by atoms with van der Waals surface area (Å²) >= 11 is 5.59. The van der Waals surface area contributed by atoms with Gasteiger partial charge >= 0.3 is 0 Å². The van der Waals surface area contributed by atoms with Gasteiger partial charge in [-0.25, -0.2) is 9.37 Å². The van der Waals surface area contributed by atoms with E-state index in [1.165, 1.54) is 37.4 Å². The first kappa shape index (κ1) is 15.1. The van der Waals surface area contributed by atoms with E-state index in [0.29, 0.717) is 11.5 Å². The Morgan fingerprint density at radius 1 is 1.33 bits per heavy atom. The number of aromatic nitrogens is 1. The van der Waals surface area contributed by atoms with E-state index < -0.39 is 17.9 Å². The number of rotatable bonds is 5. The van der Waals surface area contributed by atoms with Crippen LogP contribution in [0.2, 0.25) is 5.02 Å². The van der Waals surface area contributed by atoms with Crippen molar-refractivity contribution in [2.45, 2.75) is 13.0 Å². The van der Waals surface area contributed by atoms with E-state index in [4.69, 9.17) is 21.1 Å². The molecule has 2 aromatic rings. The molecule has 1 atom stereocenters. The number of hydrogen-bond acceptors (Lipinski definition) is 5. The van der Waals surface area contributed by atoms with E-state index in [1.54, 1.807) is 0 Å². The molecule has 0 aliphatic rings. The van der Waals surface area contributed by atoms with Crippen molar-refractivity contribution in [1.82, 2.24) is 4.98 Å². The van der Waals surface area contributed by atoms with Crippen LogP contribution >= 0.6 is 11.6 Å². The minimum Gasteiger partial charge on any atom is -0.546 e. The van der Waals surface area contributed by atoms with Crippen LogP contribution in [0.15, 0.2) is 36.5 Å². The maximum atomic E-state index is 13.5. The van der Waals surface area contributed by atoms with E-state index in [-0.39, 0.29) is 10.9 Å². The van der Waals surface area contributed by atoms with Crippen LogP contribution in [0.3, 0.4) is 0 Å². The Morgan fingerprint density at radius 3 is 2.52 bits per heavy atom. The Bertz CT molecular complexity index is 648. The molecule has 2 rings (SSSR count). The standard InChI is InChI=1S/C14H11ClFNO4/c1-8(14(18)19)20-10-2-4-11(5-3-10)21-13-12(16)6-9(15)7-17-13/h2-8H,1H3,(H,18,19)/p-1. The number of carbonyl (C=O) groups excluding carboxylic acids is 1. The van der Waals surface area contributed by atoms with Gasteiger partial charge in [0.05, 0.1) is 11.0 Å². The lowest BCUT2D eigenvalue weighted by Crippen LogP contribution is -2.37. The topological polar surface area (TPSA) is 71.5 Å². The number of aliphatic carboxylic acids is 1. The zero-order valence-corrected chi connectivity index (χ0v) is 11.6. The lowest BCUT2D eigenvalue weighted by molar-refractivity contribution is -0.312. The molecule has 1 heterocycles. The SMILES string of the molecule is CC(Oc1ccc(Oc2ncc(Cl)cc2F)cc1)C(=O)[O-]. The van der Waals surface area contributed by atoms with Crippen LogP contribution in [0.5, 0.6) is 17.4 Å². The smallest absolute Gasteiger partial charge is 0.255 e. The summed E-state index contributed by atoms with van der Waals surface area (Å²) in [4.78, 5) is 14.3. The summed E-state index contributed by atoms with van der Waals surface area (Å²) in [5, 5.41) is 10.7. The van der Waals surface area contributed by atoms with Crippen LogP contribution in [0.25, 0.3) is 0 Å². The zero-order valence-electron chi connectivity index (χ0n) is 10.9. The van der Waals surface area contributed by atoms with Crippen LogP contribution in [-0.2, 0) is 4.79 Å². The molecule has 110 valence electrons. The van der Waals surface area contributed by atoms with Crippen LogP contribution in [0.1, 0.15) is 6.92 Å². The van der Waals surface area contributed by atoms with Crippen molar-refractivity contribution in [3.05, 3.63) is 47.4 Å². The van der Waals surface area contributed by atoms with Crippen molar-refractivity contribution in [2.75, 3.05) is 0 Å². The molecule has 0 bridgehead atoms. The molecule has 21 heavy (non-hydrogen) atoms. The van der Waals surface area contributed by atoms with Crippen molar-refractivity contribution < 1.29 is 23.8 Å². The molecule has 7 heteroatoms. The highest BCUT2D eigenvalue weighted by atomic mass is 35.5. The van der Waals surface area contributed by atoms with Crippen molar-refractivity contribution in [3.8, 4) is 17.4 Å². The summed E-state index contributed by atoms with van der Waals surface area (Å²) in [5.74, 6) is -1.58. The molecule has 0 radical (unpaired) electrons. The molecule has 0 aliphatic heterocycles. The molecule has 1 aromatic carbocycles. The molecule has 1 unspecified atom stereocenters. The Morgan fingerprint density at radius 2 is 1.95 bits per heavy atom. The molecule has 0 aliphatic carbocycles. The molecule has 5 nitrogen and oxygen atoms in total. The van der Waals surface area contributed by atoms with Gasteiger partial charge in [0.25, 0.3) is 5.88 Å². The quantitative estimate of drug-likeness (QED) is 0.846. The van der Waals surface area contributed by atoms with Crippen molar-refractivity contribution in [3.63, 3.8) is 0 Å². The zero-order chi connectivity index (χ0) is 15.4. The van der Waals surface area contributed by atoms with Crippen molar-refractivity contribution in [1.29, 1.82) is 0 Å². The van der Waals surface area contributed by atoms with Gasteiger partial charge in [0, 0.05) is 6.20 Å². The number of nitrogens with zero attached hydrogens (tertiary/aromatic N) is 1. The summed E-state index contributed by atoms with van der Waals surface area (Å²) in [5.41, 5.74) is 0. The van der Waals surface area contributed by atoms with Crippen molar-refractivity contribution in [2.24, 2.45) is 0 Å².